The first-order valence-corrected chi connectivity index (χ1v) is 12.4. The maximum absolute atomic E-state index is 12.5. The van der Waals surface area contributed by atoms with Gasteiger partial charge in [0.15, 0.2) is 0 Å². The Morgan fingerprint density at radius 2 is 1.29 bits per heavy atom. The summed E-state index contributed by atoms with van der Waals surface area (Å²) < 4.78 is 95.2. The molecule has 0 unspecified atom stereocenters. The van der Waals surface area contributed by atoms with Crippen LogP contribution >= 0.6 is 0 Å². The highest BCUT2D eigenvalue weighted by Gasteiger charge is 2.31. The summed E-state index contributed by atoms with van der Waals surface area (Å²) in [6.07, 6.45) is -0.292. The number of ether oxygens (including phenoxy) is 1. The van der Waals surface area contributed by atoms with Crippen LogP contribution in [0.3, 0.4) is 0 Å². The fourth-order valence-corrected chi connectivity index (χ4v) is 5.61. The zero-order valence-electron chi connectivity index (χ0n) is 16.2. The fraction of sp³-hybridized carbons (Fsp3) is 0.368. The van der Waals surface area contributed by atoms with Crippen molar-refractivity contribution in [1.29, 1.82) is 0 Å². The Morgan fingerprint density at radius 1 is 0.774 bits per heavy atom. The number of halogens is 3. The molecule has 1 fully saturated rings. The average molecular weight is 479 g/mol. The first kappa shape index (κ1) is 23.4. The summed E-state index contributed by atoms with van der Waals surface area (Å²) in [6, 6.07) is 8.76. The molecule has 0 aliphatic heterocycles. The molecule has 0 heterocycles. The fourth-order valence-electron chi connectivity index (χ4n) is 3.24. The predicted octanol–water partition coefficient (Wildman–Crippen LogP) is 4.00. The first-order valence-electron chi connectivity index (χ1n) is 9.46. The summed E-state index contributed by atoms with van der Waals surface area (Å²) in [6.45, 7) is 0. The van der Waals surface area contributed by atoms with Gasteiger partial charge in [-0.15, -0.1) is 13.2 Å². The van der Waals surface area contributed by atoms with Gasteiger partial charge in [0.05, 0.1) is 9.79 Å². The molecule has 0 amide bonds. The second kappa shape index (κ2) is 9.05. The summed E-state index contributed by atoms with van der Waals surface area (Å²) in [5.74, 6) is -0.550. The number of alkyl halides is 3. The smallest absolute Gasteiger partial charge is 0.406 e. The van der Waals surface area contributed by atoms with Gasteiger partial charge in [-0.1, -0.05) is 19.3 Å². The summed E-state index contributed by atoms with van der Waals surface area (Å²) in [5, 5.41) is 0. The molecule has 2 aromatic rings. The molecule has 0 bridgehead atoms. The molecule has 0 atom stereocenters. The monoisotopic (exact) mass is 478 g/mol. The molecule has 2 N–H and O–H groups in total. The molecule has 1 aliphatic carbocycles. The number of benzene rings is 2. The molecule has 12 heteroatoms. The summed E-state index contributed by atoms with van der Waals surface area (Å²) in [7, 11) is -7.82. The van der Waals surface area contributed by atoms with Crippen LogP contribution in [0.15, 0.2) is 58.3 Å². The number of hydrogen-bond acceptors (Lipinski definition) is 5. The van der Waals surface area contributed by atoms with Gasteiger partial charge in [-0.3, -0.25) is 4.72 Å². The highest BCUT2D eigenvalue weighted by Crippen LogP contribution is 2.25. The molecular weight excluding hydrogens is 457 g/mol. The van der Waals surface area contributed by atoms with E-state index in [2.05, 4.69) is 14.2 Å². The lowest BCUT2D eigenvalue weighted by molar-refractivity contribution is -0.274. The van der Waals surface area contributed by atoms with Crippen molar-refractivity contribution in [2.24, 2.45) is 0 Å². The molecule has 0 spiro atoms. The van der Waals surface area contributed by atoms with E-state index in [1.807, 2.05) is 0 Å². The second-order valence-electron chi connectivity index (χ2n) is 7.11. The number of sulfonamides is 2. The topological polar surface area (TPSA) is 102 Å². The SMILES string of the molecule is O=S(=O)(Nc1ccc(S(=O)(=O)NC2CCCCC2)cc1)c1ccc(OC(F)(F)F)cc1. The first-order chi connectivity index (χ1) is 14.4. The van der Waals surface area contributed by atoms with Gasteiger partial charge in [-0.05, 0) is 61.4 Å². The third-order valence-corrected chi connectivity index (χ3v) is 7.65. The van der Waals surface area contributed by atoms with Crippen LogP contribution in [0, 0.1) is 0 Å². The van der Waals surface area contributed by atoms with E-state index in [1.54, 1.807) is 0 Å². The molecule has 0 aromatic heterocycles. The minimum atomic E-state index is -4.88. The van der Waals surface area contributed by atoms with E-state index in [4.69, 9.17) is 0 Å². The number of hydrogen-bond donors (Lipinski definition) is 2. The molecule has 0 radical (unpaired) electrons. The Bertz CT molecular complexity index is 1090. The van der Waals surface area contributed by atoms with Crippen LogP contribution in [0.1, 0.15) is 32.1 Å². The highest BCUT2D eigenvalue weighted by atomic mass is 32.2. The third-order valence-electron chi connectivity index (χ3n) is 4.71. The Morgan fingerprint density at radius 3 is 1.84 bits per heavy atom. The number of nitrogens with one attached hydrogen (secondary N) is 2. The van der Waals surface area contributed by atoms with Gasteiger partial charge >= 0.3 is 6.36 Å². The van der Waals surface area contributed by atoms with E-state index in [0.717, 1.165) is 56.4 Å². The molecule has 3 rings (SSSR count). The van der Waals surface area contributed by atoms with Crippen molar-refractivity contribution < 1.29 is 34.7 Å². The van der Waals surface area contributed by atoms with Gasteiger partial charge in [0, 0.05) is 11.7 Å². The lowest BCUT2D eigenvalue weighted by Gasteiger charge is -2.22. The van der Waals surface area contributed by atoms with E-state index in [9.17, 15) is 30.0 Å². The Balaban J connectivity index is 1.68. The van der Waals surface area contributed by atoms with Crippen molar-refractivity contribution in [2.75, 3.05) is 4.72 Å². The number of anilines is 1. The highest BCUT2D eigenvalue weighted by molar-refractivity contribution is 7.92. The average Bonchev–Trinajstić information content (AvgIpc) is 2.68. The lowest BCUT2D eigenvalue weighted by Crippen LogP contribution is -2.36. The van der Waals surface area contributed by atoms with Gasteiger partial charge in [-0.2, -0.15) is 0 Å². The predicted molar refractivity (Wildman–Crippen MR) is 108 cm³/mol. The summed E-state index contributed by atoms with van der Waals surface area (Å²) >= 11 is 0. The minimum Gasteiger partial charge on any atom is -0.406 e. The molecular formula is C19H21F3N2O5S2. The van der Waals surface area contributed by atoms with Crippen LogP contribution in [-0.2, 0) is 20.0 Å². The van der Waals surface area contributed by atoms with Crippen molar-refractivity contribution in [3.63, 3.8) is 0 Å². The van der Waals surface area contributed by atoms with E-state index < -0.39 is 32.2 Å². The van der Waals surface area contributed by atoms with Crippen molar-refractivity contribution in [3.8, 4) is 5.75 Å². The summed E-state index contributed by atoms with van der Waals surface area (Å²) in [4.78, 5) is -0.271. The van der Waals surface area contributed by atoms with Crippen LogP contribution in [0.2, 0.25) is 0 Å². The van der Waals surface area contributed by atoms with Crippen LogP contribution in [-0.4, -0.2) is 29.2 Å². The van der Waals surface area contributed by atoms with Crippen LogP contribution in [0.5, 0.6) is 5.75 Å². The van der Waals surface area contributed by atoms with E-state index >= 15 is 0 Å². The zero-order valence-corrected chi connectivity index (χ0v) is 17.9. The molecule has 31 heavy (non-hydrogen) atoms. The summed E-state index contributed by atoms with van der Waals surface area (Å²) in [5.41, 5.74) is 0.104. The van der Waals surface area contributed by atoms with Crippen LogP contribution in [0.4, 0.5) is 18.9 Å². The van der Waals surface area contributed by atoms with Crippen molar-refractivity contribution >= 4 is 25.7 Å². The van der Waals surface area contributed by atoms with Crippen LogP contribution < -0.4 is 14.2 Å². The Kier molecular flexibility index (Phi) is 6.82. The van der Waals surface area contributed by atoms with Gasteiger partial charge in [-0.25, -0.2) is 21.6 Å². The van der Waals surface area contributed by atoms with Gasteiger partial charge < -0.3 is 4.74 Å². The quantitative estimate of drug-likeness (QED) is 0.627. The maximum atomic E-state index is 12.5. The van der Waals surface area contributed by atoms with E-state index in [-0.39, 0.29) is 21.5 Å². The van der Waals surface area contributed by atoms with Crippen molar-refractivity contribution in [2.45, 2.75) is 54.3 Å². The zero-order chi connectivity index (χ0) is 22.7. The van der Waals surface area contributed by atoms with Crippen molar-refractivity contribution in [1.82, 2.24) is 4.72 Å². The molecule has 2 aromatic carbocycles. The molecule has 7 nitrogen and oxygen atoms in total. The maximum Gasteiger partial charge on any atom is 0.573 e. The van der Waals surface area contributed by atoms with Gasteiger partial charge in [0.2, 0.25) is 10.0 Å². The molecule has 1 saturated carbocycles. The van der Waals surface area contributed by atoms with Crippen LogP contribution in [0.25, 0.3) is 0 Å². The van der Waals surface area contributed by atoms with Gasteiger partial charge in [0.25, 0.3) is 10.0 Å². The lowest BCUT2D eigenvalue weighted by atomic mass is 9.96. The molecule has 170 valence electrons. The van der Waals surface area contributed by atoms with Gasteiger partial charge in [0.1, 0.15) is 5.75 Å². The standard InChI is InChI=1S/C19H21F3N2O5S2/c20-19(21,22)29-16-8-12-18(13-9-16)31(27,28)24-15-6-10-17(11-7-15)30(25,26)23-14-4-2-1-3-5-14/h6-14,23-24H,1-5H2. The Hall–Kier alpha value is -2.31. The van der Waals surface area contributed by atoms with E-state index in [0.29, 0.717) is 0 Å². The molecule has 1 aliphatic rings. The number of rotatable bonds is 7. The third kappa shape index (κ3) is 6.58. The normalized spacial score (nSPS) is 16.1. The minimum absolute atomic E-state index is 0.00896. The van der Waals surface area contributed by atoms with E-state index in [1.165, 1.54) is 24.3 Å². The van der Waals surface area contributed by atoms with Crippen molar-refractivity contribution in [3.05, 3.63) is 48.5 Å². The largest absolute Gasteiger partial charge is 0.573 e. The Labute approximate surface area is 178 Å². The molecule has 0 saturated heterocycles. The second-order valence-corrected chi connectivity index (χ2v) is 10.5.